The molecule has 0 spiro atoms. The standard InChI is InChI=1S/C8H13BrOS/c1-6-5-7(11(2)10)3-4-8(6)9/h5,7-8H,3-4H2,1-2H3. The minimum Gasteiger partial charge on any atom is -0.259 e. The molecule has 64 valence electrons. The maximum absolute atomic E-state index is 11.1. The van der Waals surface area contributed by atoms with Gasteiger partial charge in [-0.05, 0) is 19.8 Å². The summed E-state index contributed by atoms with van der Waals surface area (Å²) in [5.41, 5.74) is 1.33. The summed E-state index contributed by atoms with van der Waals surface area (Å²) in [6, 6.07) is 0. The Balaban J connectivity index is 2.69. The van der Waals surface area contributed by atoms with Gasteiger partial charge >= 0.3 is 0 Å². The molecule has 3 unspecified atom stereocenters. The molecule has 0 radical (unpaired) electrons. The number of halogens is 1. The molecule has 0 saturated heterocycles. The van der Waals surface area contributed by atoms with Crippen molar-refractivity contribution in [3.8, 4) is 0 Å². The van der Waals surface area contributed by atoms with E-state index in [0.29, 0.717) is 10.1 Å². The zero-order chi connectivity index (χ0) is 8.43. The van der Waals surface area contributed by atoms with E-state index in [9.17, 15) is 4.21 Å². The van der Waals surface area contributed by atoms with E-state index >= 15 is 0 Å². The third-order valence-corrected chi connectivity index (χ3v) is 4.48. The van der Waals surface area contributed by atoms with E-state index in [4.69, 9.17) is 0 Å². The van der Waals surface area contributed by atoms with Gasteiger partial charge in [-0.2, -0.15) is 0 Å². The average molecular weight is 237 g/mol. The molecule has 1 nitrogen and oxygen atoms in total. The van der Waals surface area contributed by atoms with Crippen molar-refractivity contribution >= 4 is 26.7 Å². The Labute approximate surface area is 78.8 Å². The molecule has 0 aromatic carbocycles. The summed E-state index contributed by atoms with van der Waals surface area (Å²) in [5.74, 6) is 0. The van der Waals surface area contributed by atoms with Crippen LogP contribution in [0.4, 0.5) is 0 Å². The fourth-order valence-electron chi connectivity index (χ4n) is 1.28. The first kappa shape index (κ1) is 9.46. The Bertz CT molecular complexity index is 200. The largest absolute Gasteiger partial charge is 0.259 e. The second kappa shape index (κ2) is 3.85. The summed E-state index contributed by atoms with van der Waals surface area (Å²) in [5, 5.41) is 0.295. The van der Waals surface area contributed by atoms with Gasteiger partial charge in [0, 0.05) is 21.9 Å². The minimum atomic E-state index is -0.685. The molecule has 0 saturated carbocycles. The molecule has 1 rings (SSSR count). The highest BCUT2D eigenvalue weighted by atomic mass is 79.9. The van der Waals surface area contributed by atoms with E-state index in [-0.39, 0.29) is 0 Å². The van der Waals surface area contributed by atoms with Crippen molar-refractivity contribution in [2.45, 2.75) is 29.8 Å². The average Bonchev–Trinajstić information content (AvgIpc) is 1.94. The van der Waals surface area contributed by atoms with Gasteiger partial charge in [-0.3, -0.25) is 4.21 Å². The van der Waals surface area contributed by atoms with Crippen LogP contribution in [0.25, 0.3) is 0 Å². The lowest BCUT2D eigenvalue weighted by Crippen LogP contribution is -2.19. The van der Waals surface area contributed by atoms with Crippen LogP contribution in [0.3, 0.4) is 0 Å². The highest BCUT2D eigenvalue weighted by molar-refractivity contribution is 9.09. The molecule has 3 atom stereocenters. The van der Waals surface area contributed by atoms with Crippen molar-refractivity contribution in [3.63, 3.8) is 0 Å². The number of allylic oxidation sites excluding steroid dienone is 1. The molecule has 1 aliphatic carbocycles. The molecule has 0 N–H and O–H groups in total. The zero-order valence-electron chi connectivity index (χ0n) is 6.84. The fourth-order valence-corrected chi connectivity index (χ4v) is 2.57. The normalized spacial score (nSPS) is 34.6. The number of hydrogen-bond acceptors (Lipinski definition) is 1. The van der Waals surface area contributed by atoms with Crippen molar-refractivity contribution in [1.82, 2.24) is 0 Å². The Hall–Kier alpha value is 0.370. The monoisotopic (exact) mass is 236 g/mol. The van der Waals surface area contributed by atoms with Crippen LogP contribution in [-0.4, -0.2) is 20.5 Å². The van der Waals surface area contributed by atoms with Crippen molar-refractivity contribution in [3.05, 3.63) is 11.6 Å². The lowest BCUT2D eigenvalue weighted by Gasteiger charge is -2.21. The van der Waals surface area contributed by atoms with Crippen LogP contribution in [0.5, 0.6) is 0 Å². The SMILES string of the molecule is CC1=CC(S(C)=O)CCC1Br. The van der Waals surface area contributed by atoms with Crippen LogP contribution >= 0.6 is 15.9 Å². The topological polar surface area (TPSA) is 17.1 Å². The molecule has 3 heteroatoms. The van der Waals surface area contributed by atoms with Crippen molar-refractivity contribution in [2.75, 3.05) is 6.26 Å². The molecule has 0 aromatic heterocycles. The van der Waals surface area contributed by atoms with Gasteiger partial charge in [0.2, 0.25) is 0 Å². The van der Waals surface area contributed by atoms with Crippen molar-refractivity contribution < 1.29 is 4.21 Å². The molecule has 11 heavy (non-hydrogen) atoms. The maximum atomic E-state index is 11.1. The quantitative estimate of drug-likeness (QED) is 0.505. The Kier molecular flexibility index (Phi) is 3.31. The van der Waals surface area contributed by atoms with Crippen LogP contribution in [0, 0.1) is 0 Å². The summed E-state index contributed by atoms with van der Waals surface area (Å²) in [6.07, 6.45) is 6.09. The Morgan fingerprint density at radius 2 is 2.27 bits per heavy atom. The Morgan fingerprint density at radius 1 is 1.64 bits per heavy atom. The highest BCUT2D eigenvalue weighted by Crippen LogP contribution is 2.26. The third-order valence-electron chi connectivity index (χ3n) is 2.07. The van der Waals surface area contributed by atoms with E-state index in [1.54, 1.807) is 6.26 Å². The van der Waals surface area contributed by atoms with Gasteiger partial charge in [0.05, 0.1) is 5.25 Å². The predicted octanol–water partition coefficient (Wildman–Crippen LogP) is 2.24. The number of hydrogen-bond donors (Lipinski definition) is 0. The highest BCUT2D eigenvalue weighted by Gasteiger charge is 2.19. The summed E-state index contributed by atoms with van der Waals surface area (Å²) in [6.45, 7) is 2.10. The molecular weight excluding hydrogens is 224 g/mol. The summed E-state index contributed by atoms with van der Waals surface area (Å²) < 4.78 is 11.1. The van der Waals surface area contributed by atoms with E-state index in [0.717, 1.165) is 12.8 Å². The lowest BCUT2D eigenvalue weighted by atomic mass is 10.0. The number of rotatable bonds is 1. The first-order valence-electron chi connectivity index (χ1n) is 3.76. The maximum Gasteiger partial charge on any atom is 0.0528 e. The lowest BCUT2D eigenvalue weighted by molar-refractivity contribution is 0.662. The summed E-state index contributed by atoms with van der Waals surface area (Å²) in [4.78, 5) is 0.516. The molecule has 0 aliphatic heterocycles. The number of alkyl halides is 1. The predicted molar refractivity (Wildman–Crippen MR) is 53.6 cm³/mol. The second-order valence-corrected chi connectivity index (χ2v) is 5.70. The molecule has 0 amide bonds. The summed E-state index contributed by atoms with van der Waals surface area (Å²) >= 11 is 3.56. The second-order valence-electron chi connectivity index (χ2n) is 2.99. The van der Waals surface area contributed by atoms with Gasteiger partial charge in [-0.25, -0.2) is 0 Å². The van der Waals surface area contributed by atoms with E-state index in [2.05, 4.69) is 28.9 Å². The molecule has 0 bridgehead atoms. The minimum absolute atomic E-state index is 0.295. The van der Waals surface area contributed by atoms with E-state index in [1.807, 2.05) is 0 Å². The van der Waals surface area contributed by atoms with E-state index in [1.165, 1.54) is 5.57 Å². The van der Waals surface area contributed by atoms with Crippen LogP contribution in [0.1, 0.15) is 19.8 Å². The molecule has 0 aromatic rings. The first-order chi connectivity index (χ1) is 5.11. The third kappa shape index (κ3) is 2.41. The van der Waals surface area contributed by atoms with Crippen molar-refractivity contribution in [2.24, 2.45) is 0 Å². The first-order valence-corrected chi connectivity index (χ1v) is 6.29. The van der Waals surface area contributed by atoms with Crippen LogP contribution in [-0.2, 0) is 10.8 Å². The van der Waals surface area contributed by atoms with Crippen LogP contribution in [0.15, 0.2) is 11.6 Å². The fraction of sp³-hybridized carbons (Fsp3) is 0.750. The molecule has 0 fully saturated rings. The van der Waals surface area contributed by atoms with Crippen LogP contribution in [0.2, 0.25) is 0 Å². The van der Waals surface area contributed by atoms with Gasteiger partial charge in [0.1, 0.15) is 0 Å². The Morgan fingerprint density at radius 3 is 2.73 bits per heavy atom. The van der Waals surface area contributed by atoms with Gasteiger partial charge in [0.15, 0.2) is 0 Å². The molecule has 1 aliphatic rings. The smallest absolute Gasteiger partial charge is 0.0528 e. The zero-order valence-corrected chi connectivity index (χ0v) is 9.24. The van der Waals surface area contributed by atoms with Crippen molar-refractivity contribution in [1.29, 1.82) is 0 Å². The molecule has 0 heterocycles. The summed E-state index contributed by atoms with van der Waals surface area (Å²) in [7, 11) is -0.685. The van der Waals surface area contributed by atoms with Gasteiger partial charge in [0.25, 0.3) is 0 Å². The molecular formula is C8H13BrOS. The van der Waals surface area contributed by atoms with Gasteiger partial charge < -0.3 is 0 Å². The van der Waals surface area contributed by atoms with Crippen LogP contribution < -0.4 is 0 Å². The van der Waals surface area contributed by atoms with E-state index < -0.39 is 10.8 Å². The van der Waals surface area contributed by atoms with Gasteiger partial charge in [-0.15, -0.1) is 0 Å². The van der Waals surface area contributed by atoms with Gasteiger partial charge in [-0.1, -0.05) is 27.6 Å².